The van der Waals surface area contributed by atoms with Gasteiger partial charge < -0.3 is 20.6 Å². The zero-order valence-corrected chi connectivity index (χ0v) is 22.6. The van der Waals surface area contributed by atoms with Gasteiger partial charge in [0.1, 0.15) is 0 Å². The fourth-order valence-corrected chi connectivity index (χ4v) is 5.65. The number of amides is 3. The maximum absolute atomic E-state index is 12.9. The van der Waals surface area contributed by atoms with E-state index in [9.17, 15) is 32.7 Å². The maximum atomic E-state index is 12.9. The molecule has 2 aliphatic rings. The Kier molecular flexibility index (Phi) is 8.84. The molecule has 1 aliphatic carbocycles. The normalized spacial score (nSPS) is 23.4. The van der Waals surface area contributed by atoms with E-state index < -0.39 is 29.2 Å². The van der Waals surface area contributed by atoms with E-state index in [0.717, 1.165) is 44.0 Å². The second-order valence-corrected chi connectivity index (χ2v) is 10.8. The van der Waals surface area contributed by atoms with E-state index in [1.54, 1.807) is 26.2 Å². The van der Waals surface area contributed by atoms with Crippen LogP contribution in [0.5, 0.6) is 0 Å². The molecule has 3 N–H and O–H groups in total. The number of hydrogen-bond donors (Lipinski definition) is 3. The van der Waals surface area contributed by atoms with Gasteiger partial charge in [0.25, 0.3) is 11.8 Å². The van der Waals surface area contributed by atoms with Crippen LogP contribution in [0.2, 0.25) is 0 Å². The Morgan fingerprint density at radius 3 is 2.42 bits per heavy atom. The Morgan fingerprint density at radius 2 is 1.75 bits per heavy atom. The number of hydrogen-bond acceptors (Lipinski definition) is 5. The summed E-state index contributed by atoms with van der Waals surface area (Å²) in [5, 5.41) is 16.8. The second kappa shape index (κ2) is 12.0. The third-order valence-corrected chi connectivity index (χ3v) is 7.81. The summed E-state index contributed by atoms with van der Waals surface area (Å²) in [4.78, 5) is 41.2. The number of alkyl halides is 3. The zero-order valence-electron chi connectivity index (χ0n) is 22.6. The third-order valence-electron chi connectivity index (χ3n) is 7.81. The molecule has 1 heterocycles. The number of carbonyl (C=O) groups is 3. The number of halogens is 3. The average molecular weight is 561 g/mol. The smallest absolute Gasteiger partial charge is 0.385 e. The molecule has 11 heteroatoms. The van der Waals surface area contributed by atoms with Crippen molar-refractivity contribution < 1.29 is 32.7 Å². The SMILES string of the molecule is CN(C)C(=O)c1ccccc1C1(O)CCC(N2CC[C@@H](NC(=O)CNC(=O)c3cccc(C(F)(F)F)c3)C2)CC1. The van der Waals surface area contributed by atoms with E-state index >= 15 is 0 Å². The van der Waals surface area contributed by atoms with Crippen molar-refractivity contribution in [3.05, 3.63) is 70.8 Å². The summed E-state index contributed by atoms with van der Waals surface area (Å²) in [6, 6.07) is 11.4. The molecule has 0 spiro atoms. The summed E-state index contributed by atoms with van der Waals surface area (Å²) in [7, 11) is 3.37. The summed E-state index contributed by atoms with van der Waals surface area (Å²) in [5.41, 5.74) is -1.00. The molecule has 8 nitrogen and oxygen atoms in total. The predicted molar refractivity (Wildman–Crippen MR) is 143 cm³/mol. The Hall–Kier alpha value is -3.44. The number of rotatable bonds is 7. The minimum absolute atomic E-state index is 0.114. The Balaban J connectivity index is 1.25. The molecule has 2 fully saturated rings. The first-order valence-electron chi connectivity index (χ1n) is 13.4. The molecule has 4 rings (SSSR count). The molecular weight excluding hydrogens is 525 g/mol. The second-order valence-electron chi connectivity index (χ2n) is 10.8. The van der Waals surface area contributed by atoms with Crippen LogP contribution in [0.1, 0.15) is 63.9 Å². The van der Waals surface area contributed by atoms with Crippen LogP contribution in [0.15, 0.2) is 48.5 Å². The van der Waals surface area contributed by atoms with Crippen LogP contribution in [0.4, 0.5) is 13.2 Å². The molecule has 1 atom stereocenters. The Bertz CT molecular complexity index is 1240. The lowest BCUT2D eigenvalue weighted by atomic mass is 9.75. The van der Waals surface area contributed by atoms with Gasteiger partial charge >= 0.3 is 6.18 Å². The largest absolute Gasteiger partial charge is 0.416 e. The summed E-state index contributed by atoms with van der Waals surface area (Å²) in [6.45, 7) is 1.07. The summed E-state index contributed by atoms with van der Waals surface area (Å²) in [5.74, 6) is -1.31. The van der Waals surface area contributed by atoms with Gasteiger partial charge in [-0.05, 0) is 61.9 Å². The van der Waals surface area contributed by atoms with Gasteiger partial charge in [-0.25, -0.2) is 0 Å². The first-order chi connectivity index (χ1) is 18.9. The molecule has 216 valence electrons. The van der Waals surface area contributed by atoms with Crippen molar-refractivity contribution in [2.24, 2.45) is 0 Å². The predicted octanol–water partition coefficient (Wildman–Crippen LogP) is 3.16. The minimum Gasteiger partial charge on any atom is -0.385 e. The first-order valence-corrected chi connectivity index (χ1v) is 13.4. The number of aliphatic hydroxyl groups is 1. The van der Waals surface area contributed by atoms with Crippen LogP contribution in [-0.4, -0.2) is 78.4 Å². The molecule has 0 unspecified atom stereocenters. The molecule has 40 heavy (non-hydrogen) atoms. The highest BCUT2D eigenvalue weighted by molar-refractivity contribution is 5.97. The number of benzene rings is 2. The van der Waals surface area contributed by atoms with Crippen molar-refractivity contribution in [3.63, 3.8) is 0 Å². The van der Waals surface area contributed by atoms with Gasteiger partial charge in [-0.15, -0.1) is 0 Å². The van der Waals surface area contributed by atoms with Gasteiger partial charge in [0, 0.05) is 50.4 Å². The molecule has 0 aromatic heterocycles. The zero-order chi connectivity index (χ0) is 29.1. The van der Waals surface area contributed by atoms with Gasteiger partial charge in [-0.3, -0.25) is 19.3 Å². The highest BCUT2D eigenvalue weighted by atomic mass is 19.4. The van der Waals surface area contributed by atoms with Crippen LogP contribution >= 0.6 is 0 Å². The van der Waals surface area contributed by atoms with Crippen molar-refractivity contribution in [3.8, 4) is 0 Å². The maximum Gasteiger partial charge on any atom is 0.416 e. The summed E-state index contributed by atoms with van der Waals surface area (Å²) < 4.78 is 38.7. The van der Waals surface area contributed by atoms with Crippen LogP contribution in [0.25, 0.3) is 0 Å². The number of nitrogens with zero attached hydrogens (tertiary/aromatic N) is 2. The van der Waals surface area contributed by atoms with Gasteiger partial charge in [0.2, 0.25) is 5.91 Å². The van der Waals surface area contributed by atoms with Gasteiger partial charge in [0.05, 0.1) is 17.7 Å². The van der Waals surface area contributed by atoms with Crippen molar-refractivity contribution in [1.82, 2.24) is 20.4 Å². The van der Waals surface area contributed by atoms with Crippen LogP contribution in [0, 0.1) is 0 Å². The Labute approximate surface area is 231 Å². The standard InChI is InChI=1S/C29H35F3N4O4/c1-35(2)27(39)23-8-3-4-9-24(23)28(40)13-10-22(11-14-28)36-15-12-21(18-36)34-25(37)17-33-26(38)19-6-5-7-20(16-19)29(30,31)32/h3-9,16,21-22,40H,10-15,17-18H2,1-2H3,(H,33,38)(H,34,37)/t21-,22?,28?/m1/s1. The van der Waals surface area contributed by atoms with E-state index in [0.29, 0.717) is 30.5 Å². The molecule has 1 aliphatic heterocycles. The summed E-state index contributed by atoms with van der Waals surface area (Å²) in [6.07, 6.45) is -1.30. The van der Waals surface area contributed by atoms with E-state index in [2.05, 4.69) is 15.5 Å². The molecule has 2 aromatic carbocycles. The molecule has 0 bridgehead atoms. The fourth-order valence-electron chi connectivity index (χ4n) is 5.65. The minimum atomic E-state index is -4.56. The van der Waals surface area contributed by atoms with Crippen molar-refractivity contribution in [1.29, 1.82) is 0 Å². The van der Waals surface area contributed by atoms with Crippen LogP contribution in [-0.2, 0) is 16.6 Å². The van der Waals surface area contributed by atoms with Crippen molar-refractivity contribution >= 4 is 17.7 Å². The topological polar surface area (TPSA) is 102 Å². The molecular formula is C29H35F3N4O4. The van der Waals surface area contributed by atoms with Crippen molar-refractivity contribution in [2.45, 2.75) is 56.0 Å². The van der Waals surface area contributed by atoms with Gasteiger partial charge in [-0.2, -0.15) is 13.2 Å². The molecule has 2 aromatic rings. The lowest BCUT2D eigenvalue weighted by Crippen LogP contribution is -2.45. The van der Waals surface area contributed by atoms with Crippen LogP contribution in [0.3, 0.4) is 0 Å². The van der Waals surface area contributed by atoms with E-state index in [1.807, 2.05) is 12.1 Å². The van der Waals surface area contributed by atoms with E-state index in [4.69, 9.17) is 0 Å². The van der Waals surface area contributed by atoms with Crippen molar-refractivity contribution in [2.75, 3.05) is 33.7 Å². The molecule has 1 saturated heterocycles. The number of carbonyl (C=O) groups excluding carboxylic acids is 3. The van der Waals surface area contributed by atoms with Gasteiger partial charge in [0.15, 0.2) is 0 Å². The Morgan fingerprint density at radius 1 is 1.05 bits per heavy atom. The lowest BCUT2D eigenvalue weighted by Gasteiger charge is -2.40. The first kappa shape index (κ1) is 29.5. The quantitative estimate of drug-likeness (QED) is 0.483. The monoisotopic (exact) mass is 560 g/mol. The highest BCUT2D eigenvalue weighted by Crippen LogP contribution is 2.40. The average Bonchev–Trinajstić information content (AvgIpc) is 3.39. The number of nitrogens with one attached hydrogen (secondary N) is 2. The number of likely N-dealkylation sites (tertiary alicyclic amines) is 1. The lowest BCUT2D eigenvalue weighted by molar-refractivity contribution is -0.137. The molecule has 1 saturated carbocycles. The van der Waals surface area contributed by atoms with E-state index in [1.165, 1.54) is 11.0 Å². The molecule has 0 radical (unpaired) electrons. The summed E-state index contributed by atoms with van der Waals surface area (Å²) >= 11 is 0. The highest BCUT2D eigenvalue weighted by Gasteiger charge is 2.40. The fraction of sp³-hybridized carbons (Fsp3) is 0.483. The van der Waals surface area contributed by atoms with Gasteiger partial charge in [-0.1, -0.05) is 24.3 Å². The molecule has 3 amide bonds. The third kappa shape index (κ3) is 6.82. The van der Waals surface area contributed by atoms with Crippen LogP contribution < -0.4 is 10.6 Å². The van der Waals surface area contributed by atoms with E-state index in [-0.39, 0.29) is 30.1 Å².